The van der Waals surface area contributed by atoms with E-state index in [0.29, 0.717) is 30.4 Å². The lowest BCUT2D eigenvalue weighted by atomic mass is 10.0. The van der Waals surface area contributed by atoms with Gasteiger partial charge < -0.3 is 13.7 Å². The van der Waals surface area contributed by atoms with Gasteiger partial charge in [0.05, 0.1) is 17.5 Å². The predicted molar refractivity (Wildman–Crippen MR) is 189 cm³/mol. The summed E-state index contributed by atoms with van der Waals surface area (Å²) in [6.07, 6.45) is 4.05. The van der Waals surface area contributed by atoms with Crippen LogP contribution in [-0.2, 0) is 36.0 Å². The average Bonchev–Trinajstić information content (AvgIpc) is 3.65. The van der Waals surface area contributed by atoms with E-state index in [2.05, 4.69) is 40.7 Å². The summed E-state index contributed by atoms with van der Waals surface area (Å²) >= 11 is 8.02. The average molecular weight is 698 g/mol. The summed E-state index contributed by atoms with van der Waals surface area (Å²) in [4.78, 5) is 18.3. The molecule has 3 aromatic heterocycles. The quantitative estimate of drug-likeness (QED) is 0.155. The molecule has 4 heterocycles. The Morgan fingerprint density at radius 3 is 2.54 bits per heavy atom. The summed E-state index contributed by atoms with van der Waals surface area (Å²) in [7, 11) is -3.73. The molecular weight excluding hydrogens is 666 g/mol. The van der Waals surface area contributed by atoms with Gasteiger partial charge in [-0.1, -0.05) is 67.1 Å². The van der Waals surface area contributed by atoms with Crippen LogP contribution >= 0.6 is 23.4 Å². The van der Waals surface area contributed by atoms with E-state index < -0.39 is 15.9 Å². The molecule has 0 spiro atoms. The maximum atomic E-state index is 12.5. The van der Waals surface area contributed by atoms with Crippen LogP contribution in [0.25, 0.3) is 22.0 Å². The number of sulfonamides is 1. The molecule has 6 aromatic rings. The van der Waals surface area contributed by atoms with Gasteiger partial charge in [-0.3, -0.25) is 9.78 Å². The van der Waals surface area contributed by atoms with Crippen LogP contribution in [0.15, 0.2) is 107 Å². The predicted octanol–water partition coefficient (Wildman–Crippen LogP) is 7.89. The Morgan fingerprint density at radius 1 is 1.02 bits per heavy atom. The number of furan rings is 1. The van der Waals surface area contributed by atoms with Crippen molar-refractivity contribution < 1.29 is 22.4 Å². The molecule has 48 heavy (non-hydrogen) atoms. The van der Waals surface area contributed by atoms with Gasteiger partial charge in [-0.05, 0) is 60.0 Å². The van der Waals surface area contributed by atoms with E-state index in [0.717, 1.165) is 67.9 Å². The second kappa shape index (κ2) is 13.2. The summed E-state index contributed by atoms with van der Waals surface area (Å²) < 4.78 is 39.9. The van der Waals surface area contributed by atoms with E-state index in [1.54, 1.807) is 6.07 Å². The summed E-state index contributed by atoms with van der Waals surface area (Å²) in [5, 5.41) is 2.10. The van der Waals surface area contributed by atoms with Crippen molar-refractivity contribution in [3.05, 3.63) is 136 Å². The molecule has 1 N–H and O–H groups in total. The maximum Gasteiger partial charge on any atom is 0.300 e. The molecule has 1 aliphatic heterocycles. The smallest absolute Gasteiger partial charge is 0.300 e. The van der Waals surface area contributed by atoms with Gasteiger partial charge >= 0.3 is 0 Å². The number of benzene rings is 3. The van der Waals surface area contributed by atoms with Crippen LogP contribution in [0.5, 0.6) is 5.75 Å². The van der Waals surface area contributed by atoms with E-state index in [9.17, 15) is 13.2 Å². The second-order valence-electron chi connectivity index (χ2n) is 11.9. The summed E-state index contributed by atoms with van der Waals surface area (Å²) in [5.74, 6) is 0.514. The summed E-state index contributed by atoms with van der Waals surface area (Å²) in [6, 6.07) is 29.4. The zero-order valence-corrected chi connectivity index (χ0v) is 28.7. The number of pyridine rings is 1. The second-order valence-corrected chi connectivity index (χ2v) is 15.5. The number of hydrogen-bond acceptors (Lipinski definition) is 7. The lowest BCUT2D eigenvalue weighted by Crippen LogP contribution is -2.28. The Kier molecular flexibility index (Phi) is 8.80. The van der Waals surface area contributed by atoms with Crippen molar-refractivity contribution in [2.75, 3.05) is 6.26 Å². The van der Waals surface area contributed by atoms with Crippen molar-refractivity contribution >= 4 is 50.2 Å². The number of amides is 1. The first-order valence-corrected chi connectivity index (χ1v) is 18.6. The van der Waals surface area contributed by atoms with Crippen LogP contribution in [0.3, 0.4) is 0 Å². The zero-order chi connectivity index (χ0) is 33.4. The lowest BCUT2D eigenvalue weighted by molar-refractivity contribution is 0.0953. The van der Waals surface area contributed by atoms with E-state index in [4.69, 9.17) is 20.8 Å². The fourth-order valence-corrected chi connectivity index (χ4v) is 7.95. The normalized spacial score (nSPS) is 14.3. The van der Waals surface area contributed by atoms with Gasteiger partial charge in [-0.2, -0.15) is 0 Å². The van der Waals surface area contributed by atoms with Crippen LogP contribution in [0.1, 0.15) is 45.8 Å². The number of carbonyl (C=O) groups is 1. The van der Waals surface area contributed by atoms with Crippen LogP contribution < -0.4 is 9.46 Å². The molecule has 0 saturated heterocycles. The molecule has 0 bridgehead atoms. The number of carbonyl (C=O) groups excluding carboxylic acids is 1. The Balaban J connectivity index is 1.24. The van der Waals surface area contributed by atoms with E-state index in [-0.39, 0.29) is 11.0 Å². The highest BCUT2D eigenvalue weighted by atomic mass is 35.5. The van der Waals surface area contributed by atoms with E-state index in [1.807, 2.05) is 77.3 Å². The number of halogens is 1. The van der Waals surface area contributed by atoms with Gasteiger partial charge in [0.2, 0.25) is 10.0 Å². The van der Waals surface area contributed by atoms with Gasteiger partial charge in [0.1, 0.15) is 18.1 Å². The molecule has 3 aromatic carbocycles. The molecule has 244 valence electrons. The van der Waals surface area contributed by atoms with Gasteiger partial charge in [0.25, 0.3) is 5.91 Å². The number of nitrogens with zero attached hydrogens (tertiary/aromatic N) is 2. The number of thioether (sulfide) groups is 1. The van der Waals surface area contributed by atoms with E-state index >= 15 is 0 Å². The topological polar surface area (TPSA) is 103 Å². The molecule has 0 aliphatic carbocycles. The fraction of sp³-hybridized carbons (Fsp3) is 0.189. The Hall–Kier alpha value is -4.51. The monoisotopic (exact) mass is 697 g/mol. The first kappa shape index (κ1) is 32.1. The summed E-state index contributed by atoms with van der Waals surface area (Å²) in [5.41, 5.74) is 7.37. The molecule has 1 amide bonds. The molecule has 8 nitrogen and oxygen atoms in total. The molecule has 0 saturated carbocycles. The van der Waals surface area contributed by atoms with Gasteiger partial charge in [0.15, 0.2) is 5.76 Å². The molecule has 1 atom stereocenters. The summed E-state index contributed by atoms with van der Waals surface area (Å²) in [6.45, 7) is 3.14. The van der Waals surface area contributed by atoms with Crippen molar-refractivity contribution in [3.8, 4) is 16.9 Å². The van der Waals surface area contributed by atoms with Crippen LogP contribution in [0, 0.1) is 0 Å². The lowest BCUT2D eigenvalue weighted by Gasteiger charge is -2.22. The van der Waals surface area contributed by atoms with Crippen molar-refractivity contribution in [1.82, 2.24) is 14.3 Å². The van der Waals surface area contributed by atoms with Gasteiger partial charge in [-0.15, -0.1) is 11.8 Å². The maximum absolute atomic E-state index is 12.5. The number of aromatic nitrogens is 2. The SMILES string of the molecule is CC1Cc2c(OCc3ccc(-c4ccccc4)cn3)ccc3c2c(c(Cc2ccc(C(=O)NS(C)(=O)=O)o2)n3Cc2ccc(Cl)cc2)S1. The number of hydrogen-bond donors (Lipinski definition) is 1. The number of nitrogens with one attached hydrogen (secondary N) is 1. The van der Waals surface area contributed by atoms with Crippen LogP contribution in [0.4, 0.5) is 0 Å². The minimum atomic E-state index is -3.73. The zero-order valence-electron chi connectivity index (χ0n) is 26.3. The highest BCUT2D eigenvalue weighted by Crippen LogP contribution is 2.47. The number of rotatable bonds is 10. The van der Waals surface area contributed by atoms with Gasteiger partial charge in [0, 0.05) is 56.5 Å². The molecule has 1 aliphatic rings. The van der Waals surface area contributed by atoms with Crippen molar-refractivity contribution in [3.63, 3.8) is 0 Å². The standard InChI is InChI=1S/C37H32ClN3O5S2/c1-23-18-30-33(45-22-28-13-10-26(20-39-28)25-6-4-3-5-7-25)17-15-31-35(30)36(47-23)32(41(31)21-24-8-11-27(38)12-9-24)19-29-14-16-34(46-29)37(42)40-48(2,43)44/h3-17,20,23H,18-19,21-22H2,1-2H3,(H,40,42). The minimum absolute atomic E-state index is 0.0627. The Labute approximate surface area is 288 Å². The Morgan fingerprint density at radius 2 is 1.81 bits per heavy atom. The largest absolute Gasteiger partial charge is 0.487 e. The van der Waals surface area contributed by atoms with Gasteiger partial charge in [-0.25, -0.2) is 13.1 Å². The molecule has 11 heteroatoms. The highest BCUT2D eigenvalue weighted by Gasteiger charge is 2.29. The molecule has 7 rings (SSSR count). The molecular formula is C37H32ClN3O5S2. The van der Waals surface area contributed by atoms with Crippen molar-refractivity contribution in [2.24, 2.45) is 0 Å². The third kappa shape index (κ3) is 6.87. The molecule has 0 radical (unpaired) electrons. The van der Waals surface area contributed by atoms with E-state index in [1.165, 1.54) is 6.07 Å². The third-order valence-corrected chi connectivity index (χ3v) is 10.3. The van der Waals surface area contributed by atoms with Crippen LogP contribution in [0.2, 0.25) is 5.02 Å². The first-order chi connectivity index (χ1) is 23.1. The Bertz CT molecular complexity index is 2230. The first-order valence-electron chi connectivity index (χ1n) is 15.4. The van der Waals surface area contributed by atoms with Crippen molar-refractivity contribution in [2.45, 2.75) is 43.1 Å². The molecule has 0 fully saturated rings. The number of ether oxygens (including phenoxy) is 1. The minimum Gasteiger partial charge on any atom is -0.487 e. The van der Waals surface area contributed by atoms with Crippen molar-refractivity contribution in [1.29, 1.82) is 0 Å². The third-order valence-electron chi connectivity index (χ3n) is 8.23. The fourth-order valence-electron chi connectivity index (χ4n) is 6.07. The highest BCUT2D eigenvalue weighted by molar-refractivity contribution is 8.00. The van der Waals surface area contributed by atoms with Crippen LogP contribution in [-0.4, -0.2) is 35.4 Å². The molecule has 1 unspecified atom stereocenters.